The number of aromatic nitrogens is 2. The van der Waals surface area contributed by atoms with Gasteiger partial charge in [0.25, 0.3) is 0 Å². The van der Waals surface area contributed by atoms with Crippen molar-refractivity contribution in [1.82, 2.24) is 15.3 Å². The highest BCUT2D eigenvalue weighted by Gasteiger charge is 2.34. The lowest BCUT2D eigenvalue weighted by Gasteiger charge is -2.25. The molecule has 1 fully saturated rings. The zero-order valence-electron chi connectivity index (χ0n) is 9.48. The number of rotatable bonds is 5. The summed E-state index contributed by atoms with van der Waals surface area (Å²) in [6, 6.07) is 0. The molecule has 2 rings (SSSR count). The third-order valence-corrected chi connectivity index (χ3v) is 2.87. The summed E-state index contributed by atoms with van der Waals surface area (Å²) >= 11 is 0. The van der Waals surface area contributed by atoms with E-state index >= 15 is 0 Å². The fourth-order valence-corrected chi connectivity index (χ4v) is 1.80. The zero-order chi connectivity index (χ0) is 11.3. The molecule has 1 aliphatic rings. The highest BCUT2D eigenvalue weighted by Crippen LogP contribution is 2.21. The Bertz CT molecular complexity index is 312. The maximum atomic E-state index is 5.51. The quantitative estimate of drug-likeness (QED) is 0.781. The molecule has 1 atom stereocenters. The maximum Gasteiger partial charge on any atom is 0.106 e. The largest absolute Gasteiger partial charge is 0.378 e. The number of methoxy groups -OCH3 is 1. The van der Waals surface area contributed by atoms with Crippen molar-refractivity contribution >= 4 is 0 Å². The first-order valence-electron chi connectivity index (χ1n) is 5.43. The van der Waals surface area contributed by atoms with Crippen molar-refractivity contribution in [3.8, 4) is 0 Å². The van der Waals surface area contributed by atoms with Crippen LogP contribution < -0.4 is 5.32 Å². The van der Waals surface area contributed by atoms with Crippen LogP contribution in [0.4, 0.5) is 0 Å². The summed E-state index contributed by atoms with van der Waals surface area (Å²) in [4.78, 5) is 8.21. The number of hydrogen-bond acceptors (Lipinski definition) is 5. The Kier molecular flexibility index (Phi) is 3.82. The van der Waals surface area contributed by atoms with Crippen LogP contribution in [0.1, 0.15) is 12.1 Å². The molecule has 1 aromatic heterocycles. The molecule has 16 heavy (non-hydrogen) atoms. The molecule has 1 N–H and O–H groups in total. The lowest BCUT2D eigenvalue weighted by atomic mass is 10.0. The SMILES string of the molecule is COC1(CNCc2cnccn2)CCOC1. The van der Waals surface area contributed by atoms with Crippen LogP contribution in [0.25, 0.3) is 0 Å². The molecule has 0 aliphatic carbocycles. The summed E-state index contributed by atoms with van der Waals surface area (Å²) in [5.74, 6) is 0. The first kappa shape index (κ1) is 11.4. The minimum atomic E-state index is -0.164. The molecule has 0 spiro atoms. The molecule has 1 saturated heterocycles. The van der Waals surface area contributed by atoms with E-state index in [1.54, 1.807) is 25.7 Å². The van der Waals surface area contributed by atoms with E-state index in [1.807, 2.05) is 0 Å². The summed E-state index contributed by atoms with van der Waals surface area (Å²) in [5, 5.41) is 3.33. The molecular weight excluding hydrogens is 206 g/mol. The molecule has 1 aromatic rings. The molecule has 2 heterocycles. The number of ether oxygens (including phenoxy) is 2. The predicted octanol–water partition coefficient (Wildman–Crippen LogP) is 0.372. The second-order valence-electron chi connectivity index (χ2n) is 3.99. The molecule has 1 aliphatic heterocycles. The monoisotopic (exact) mass is 223 g/mol. The Morgan fingerprint density at radius 3 is 3.12 bits per heavy atom. The molecule has 5 heteroatoms. The molecule has 0 aromatic carbocycles. The van der Waals surface area contributed by atoms with Crippen molar-refractivity contribution < 1.29 is 9.47 Å². The van der Waals surface area contributed by atoms with Crippen LogP contribution in [0.5, 0.6) is 0 Å². The Labute approximate surface area is 95.2 Å². The number of nitrogens with one attached hydrogen (secondary N) is 1. The summed E-state index contributed by atoms with van der Waals surface area (Å²) in [5.41, 5.74) is 0.773. The summed E-state index contributed by atoms with van der Waals surface area (Å²) in [6.07, 6.45) is 6.07. The van der Waals surface area contributed by atoms with Gasteiger partial charge in [0.15, 0.2) is 0 Å². The van der Waals surface area contributed by atoms with Crippen molar-refractivity contribution in [2.45, 2.75) is 18.6 Å². The predicted molar refractivity (Wildman–Crippen MR) is 58.9 cm³/mol. The van der Waals surface area contributed by atoms with Gasteiger partial charge in [-0.25, -0.2) is 0 Å². The van der Waals surface area contributed by atoms with Gasteiger partial charge in [-0.15, -0.1) is 0 Å². The molecule has 0 amide bonds. The number of nitrogens with zero attached hydrogens (tertiary/aromatic N) is 2. The normalized spacial score (nSPS) is 24.8. The Balaban J connectivity index is 1.79. The van der Waals surface area contributed by atoms with E-state index in [4.69, 9.17) is 9.47 Å². The highest BCUT2D eigenvalue weighted by atomic mass is 16.5. The van der Waals surface area contributed by atoms with Gasteiger partial charge in [-0.1, -0.05) is 0 Å². The van der Waals surface area contributed by atoms with Crippen LogP contribution >= 0.6 is 0 Å². The van der Waals surface area contributed by atoms with Crippen LogP contribution in [0.3, 0.4) is 0 Å². The van der Waals surface area contributed by atoms with Gasteiger partial charge in [-0.05, 0) is 0 Å². The topological polar surface area (TPSA) is 56.3 Å². The maximum absolute atomic E-state index is 5.51. The first-order valence-corrected chi connectivity index (χ1v) is 5.43. The highest BCUT2D eigenvalue weighted by molar-refractivity contribution is 4.95. The standard InChI is InChI=1S/C11H17N3O2/c1-15-11(2-5-16-9-11)8-13-7-10-6-12-3-4-14-10/h3-4,6,13H,2,5,7-9H2,1H3. The van der Waals surface area contributed by atoms with Gasteiger partial charge in [0.05, 0.1) is 12.3 Å². The first-order chi connectivity index (χ1) is 7.85. The molecular formula is C11H17N3O2. The second-order valence-corrected chi connectivity index (χ2v) is 3.99. The lowest BCUT2D eigenvalue weighted by Crippen LogP contribution is -2.42. The summed E-state index contributed by atoms with van der Waals surface area (Å²) in [7, 11) is 1.73. The van der Waals surface area contributed by atoms with Crippen molar-refractivity contribution in [3.63, 3.8) is 0 Å². The molecule has 0 bridgehead atoms. The van der Waals surface area contributed by atoms with Gasteiger partial charge >= 0.3 is 0 Å². The Hall–Kier alpha value is -1.04. The minimum Gasteiger partial charge on any atom is -0.378 e. The Morgan fingerprint density at radius 2 is 2.50 bits per heavy atom. The molecule has 0 saturated carbocycles. The van der Waals surface area contributed by atoms with Crippen molar-refractivity contribution in [2.24, 2.45) is 0 Å². The fourth-order valence-electron chi connectivity index (χ4n) is 1.80. The zero-order valence-corrected chi connectivity index (χ0v) is 9.48. The van der Waals surface area contributed by atoms with Gasteiger partial charge in [-0.3, -0.25) is 9.97 Å². The van der Waals surface area contributed by atoms with Crippen LogP contribution in [-0.4, -0.2) is 42.4 Å². The lowest BCUT2D eigenvalue weighted by molar-refractivity contribution is -0.0159. The minimum absolute atomic E-state index is 0.164. The molecule has 5 nitrogen and oxygen atoms in total. The summed E-state index contributed by atoms with van der Waals surface area (Å²) < 4.78 is 10.9. The van der Waals surface area contributed by atoms with E-state index in [0.29, 0.717) is 13.2 Å². The van der Waals surface area contributed by atoms with Crippen molar-refractivity contribution in [2.75, 3.05) is 26.9 Å². The average molecular weight is 223 g/mol. The van der Waals surface area contributed by atoms with Crippen molar-refractivity contribution in [3.05, 3.63) is 24.3 Å². The molecule has 88 valence electrons. The second kappa shape index (κ2) is 5.34. The van der Waals surface area contributed by atoms with E-state index in [-0.39, 0.29) is 5.60 Å². The molecule has 1 unspecified atom stereocenters. The molecule has 0 radical (unpaired) electrons. The summed E-state index contributed by atoms with van der Waals surface area (Å²) in [6.45, 7) is 2.93. The van der Waals surface area contributed by atoms with Gasteiger partial charge < -0.3 is 14.8 Å². The smallest absolute Gasteiger partial charge is 0.106 e. The van der Waals surface area contributed by atoms with Gasteiger partial charge in [0, 0.05) is 51.8 Å². The van der Waals surface area contributed by atoms with Crippen LogP contribution in [0.15, 0.2) is 18.6 Å². The van der Waals surface area contributed by atoms with E-state index in [1.165, 1.54) is 0 Å². The third kappa shape index (κ3) is 2.75. The Morgan fingerprint density at radius 1 is 1.56 bits per heavy atom. The van der Waals surface area contributed by atoms with E-state index in [2.05, 4.69) is 15.3 Å². The van der Waals surface area contributed by atoms with Crippen LogP contribution in [0.2, 0.25) is 0 Å². The van der Waals surface area contributed by atoms with Crippen LogP contribution in [0, 0.1) is 0 Å². The fraction of sp³-hybridized carbons (Fsp3) is 0.636. The average Bonchev–Trinajstić information content (AvgIpc) is 2.80. The van der Waals surface area contributed by atoms with Gasteiger partial charge in [-0.2, -0.15) is 0 Å². The van der Waals surface area contributed by atoms with E-state index in [0.717, 1.165) is 25.3 Å². The van der Waals surface area contributed by atoms with Crippen LogP contribution in [-0.2, 0) is 16.0 Å². The number of hydrogen-bond donors (Lipinski definition) is 1. The van der Waals surface area contributed by atoms with E-state index in [9.17, 15) is 0 Å². The van der Waals surface area contributed by atoms with Crippen molar-refractivity contribution in [1.29, 1.82) is 0 Å². The third-order valence-electron chi connectivity index (χ3n) is 2.87. The van der Waals surface area contributed by atoms with Gasteiger partial charge in [0.2, 0.25) is 0 Å². The van der Waals surface area contributed by atoms with Gasteiger partial charge in [0.1, 0.15) is 5.60 Å². The van der Waals surface area contributed by atoms with E-state index < -0.39 is 0 Å².